The van der Waals surface area contributed by atoms with E-state index in [-0.39, 0.29) is 5.70 Å². The van der Waals surface area contributed by atoms with Crippen molar-refractivity contribution in [2.45, 2.75) is 6.61 Å². The van der Waals surface area contributed by atoms with Gasteiger partial charge in [-0.15, -0.1) is 0 Å². The number of nitrogens with zero attached hydrogens (tertiary/aromatic N) is 1. The predicted molar refractivity (Wildman–Crippen MR) is 130 cm³/mol. The molecule has 1 aliphatic rings. The van der Waals surface area contributed by atoms with Crippen molar-refractivity contribution in [2.24, 2.45) is 0 Å². The summed E-state index contributed by atoms with van der Waals surface area (Å²) in [4.78, 5) is 26.2. The van der Waals surface area contributed by atoms with Crippen molar-refractivity contribution in [2.75, 3.05) is 4.90 Å². The number of ether oxygens (including phenoxy) is 1. The first-order valence-electron chi connectivity index (χ1n) is 9.31. The molecule has 0 aromatic heterocycles. The van der Waals surface area contributed by atoms with Gasteiger partial charge in [0.05, 0.1) is 15.2 Å². The van der Waals surface area contributed by atoms with Gasteiger partial charge in [-0.25, -0.2) is 9.69 Å². The zero-order valence-corrected chi connectivity index (χ0v) is 20.1. The maximum Gasteiger partial charge on any atom is 0.333 e. The molecule has 32 heavy (non-hydrogen) atoms. The molecule has 1 heterocycles. The third kappa shape index (κ3) is 4.94. The number of nitrogens with one attached hydrogen (secondary N) is 1. The van der Waals surface area contributed by atoms with E-state index in [1.165, 1.54) is 0 Å². The van der Waals surface area contributed by atoms with E-state index in [2.05, 4.69) is 21.2 Å². The summed E-state index contributed by atoms with van der Waals surface area (Å²) in [6, 6.07) is 16.6. The van der Waals surface area contributed by atoms with E-state index in [9.17, 15) is 9.59 Å². The van der Waals surface area contributed by atoms with Crippen LogP contribution in [0.5, 0.6) is 5.75 Å². The van der Waals surface area contributed by atoms with Crippen molar-refractivity contribution in [3.8, 4) is 5.75 Å². The van der Waals surface area contributed by atoms with Gasteiger partial charge in [0.2, 0.25) is 0 Å². The van der Waals surface area contributed by atoms with Crippen molar-refractivity contribution in [3.63, 3.8) is 0 Å². The standard InChI is InChI=1S/C23H14BrCl3N2O3/c24-18-9-14(10-19(27)21(18)32-12-13-1-3-15(25)4-2-13)11-20-22(30)29(23(31)28-20)17-7-5-16(26)6-8-17/h1-11H,12H2,(H,28,31)/b20-11+. The van der Waals surface area contributed by atoms with Crippen molar-refractivity contribution in [1.29, 1.82) is 0 Å². The topological polar surface area (TPSA) is 58.6 Å². The molecular weight excluding hydrogens is 539 g/mol. The Kier molecular flexibility index (Phi) is 6.76. The smallest absolute Gasteiger partial charge is 0.333 e. The highest BCUT2D eigenvalue weighted by atomic mass is 79.9. The van der Waals surface area contributed by atoms with Crippen LogP contribution in [0.25, 0.3) is 6.08 Å². The second kappa shape index (κ2) is 9.55. The number of halogens is 4. The Hall–Kier alpha value is -2.51. The van der Waals surface area contributed by atoms with Crippen molar-refractivity contribution >= 4 is 74.4 Å². The first kappa shape index (κ1) is 22.7. The monoisotopic (exact) mass is 550 g/mol. The SMILES string of the molecule is O=C1N/C(=C/c2cc(Cl)c(OCc3ccc(Cl)cc3)c(Br)c2)C(=O)N1c1ccc(Cl)cc1. The molecule has 0 unspecified atom stereocenters. The summed E-state index contributed by atoms with van der Waals surface area (Å²) in [5.41, 5.74) is 2.10. The first-order valence-corrected chi connectivity index (χ1v) is 11.2. The van der Waals surface area contributed by atoms with Crippen LogP contribution in [-0.4, -0.2) is 11.9 Å². The highest BCUT2D eigenvalue weighted by Crippen LogP contribution is 2.36. The molecule has 1 aliphatic heterocycles. The van der Waals surface area contributed by atoms with Crippen LogP contribution in [0.1, 0.15) is 11.1 Å². The minimum absolute atomic E-state index is 0.128. The van der Waals surface area contributed by atoms with Gasteiger partial charge < -0.3 is 10.1 Å². The fourth-order valence-corrected chi connectivity index (χ4v) is 4.30. The van der Waals surface area contributed by atoms with E-state index in [0.717, 1.165) is 10.5 Å². The van der Waals surface area contributed by atoms with E-state index >= 15 is 0 Å². The Morgan fingerprint density at radius 3 is 2.19 bits per heavy atom. The molecule has 1 saturated heterocycles. The minimum atomic E-state index is -0.545. The summed E-state index contributed by atoms with van der Waals surface area (Å²) < 4.78 is 6.45. The third-order valence-electron chi connectivity index (χ3n) is 4.59. The molecule has 9 heteroatoms. The van der Waals surface area contributed by atoms with Crippen LogP contribution >= 0.6 is 50.7 Å². The van der Waals surface area contributed by atoms with E-state index < -0.39 is 11.9 Å². The number of carbonyl (C=O) groups excluding carboxylic acids is 2. The molecule has 0 atom stereocenters. The molecule has 5 nitrogen and oxygen atoms in total. The molecule has 4 rings (SSSR count). The fraction of sp³-hybridized carbons (Fsp3) is 0.0435. The van der Waals surface area contributed by atoms with Gasteiger partial charge in [0, 0.05) is 10.0 Å². The van der Waals surface area contributed by atoms with Gasteiger partial charge in [0.15, 0.2) is 5.75 Å². The lowest BCUT2D eigenvalue weighted by Crippen LogP contribution is -2.30. The lowest BCUT2D eigenvalue weighted by Gasteiger charge is -2.12. The summed E-state index contributed by atoms with van der Waals surface area (Å²) in [5, 5.41) is 4.09. The minimum Gasteiger partial charge on any atom is -0.486 e. The Morgan fingerprint density at radius 2 is 1.56 bits per heavy atom. The van der Waals surface area contributed by atoms with Crippen molar-refractivity contribution in [3.05, 3.63) is 97.0 Å². The number of benzene rings is 3. The van der Waals surface area contributed by atoms with Crippen LogP contribution < -0.4 is 15.0 Å². The summed E-state index contributed by atoms with van der Waals surface area (Å²) in [6.07, 6.45) is 1.55. The Morgan fingerprint density at radius 1 is 0.938 bits per heavy atom. The largest absolute Gasteiger partial charge is 0.486 e. The number of amides is 3. The molecule has 3 aromatic carbocycles. The van der Waals surface area contributed by atoms with Crippen LogP contribution in [0.4, 0.5) is 10.5 Å². The van der Waals surface area contributed by atoms with E-state index in [4.69, 9.17) is 39.5 Å². The third-order valence-corrected chi connectivity index (χ3v) is 5.96. The molecule has 0 bridgehead atoms. The average molecular weight is 553 g/mol. The lowest BCUT2D eigenvalue weighted by molar-refractivity contribution is -0.113. The van der Waals surface area contributed by atoms with Crippen molar-refractivity contribution in [1.82, 2.24) is 5.32 Å². The van der Waals surface area contributed by atoms with Crippen LogP contribution in [0.2, 0.25) is 15.1 Å². The molecule has 1 fully saturated rings. The summed E-state index contributed by atoms with van der Waals surface area (Å²) >= 11 is 21.7. The number of hydrogen-bond donors (Lipinski definition) is 1. The molecule has 3 aromatic rings. The summed E-state index contributed by atoms with van der Waals surface area (Å²) in [7, 11) is 0. The second-order valence-electron chi connectivity index (χ2n) is 6.83. The number of urea groups is 1. The first-order chi connectivity index (χ1) is 15.3. The zero-order valence-electron chi connectivity index (χ0n) is 16.2. The van der Waals surface area contributed by atoms with E-state index in [1.54, 1.807) is 54.6 Å². The molecule has 0 saturated carbocycles. The van der Waals surface area contributed by atoms with Gasteiger partial charge in [-0.3, -0.25) is 4.79 Å². The van der Waals surface area contributed by atoms with Gasteiger partial charge in [-0.05, 0) is 81.7 Å². The van der Waals surface area contributed by atoms with Crippen LogP contribution in [0, 0.1) is 0 Å². The maximum absolute atomic E-state index is 12.8. The molecule has 162 valence electrons. The average Bonchev–Trinajstić information content (AvgIpc) is 3.02. The van der Waals surface area contributed by atoms with Gasteiger partial charge in [-0.2, -0.15) is 0 Å². The van der Waals surface area contributed by atoms with Gasteiger partial charge in [0.1, 0.15) is 12.3 Å². The maximum atomic E-state index is 12.8. The molecule has 3 amide bonds. The van der Waals surface area contributed by atoms with Gasteiger partial charge in [0.25, 0.3) is 5.91 Å². The normalized spacial score (nSPS) is 14.8. The van der Waals surface area contributed by atoms with Gasteiger partial charge >= 0.3 is 6.03 Å². The number of hydrogen-bond acceptors (Lipinski definition) is 3. The van der Waals surface area contributed by atoms with Crippen LogP contribution in [0.3, 0.4) is 0 Å². The quantitative estimate of drug-likeness (QED) is 0.272. The number of anilines is 1. The fourth-order valence-electron chi connectivity index (χ4n) is 3.06. The van der Waals surface area contributed by atoms with Crippen molar-refractivity contribution < 1.29 is 14.3 Å². The highest BCUT2D eigenvalue weighted by molar-refractivity contribution is 9.10. The van der Waals surface area contributed by atoms with Crippen LogP contribution in [0.15, 0.2) is 70.8 Å². The summed E-state index contributed by atoms with van der Waals surface area (Å²) in [5.74, 6) is -0.0130. The lowest BCUT2D eigenvalue weighted by atomic mass is 10.1. The van der Waals surface area contributed by atoms with Crippen LogP contribution in [-0.2, 0) is 11.4 Å². The van der Waals surface area contributed by atoms with E-state index in [0.29, 0.717) is 43.1 Å². The molecule has 0 aliphatic carbocycles. The number of carbonyl (C=O) groups is 2. The predicted octanol–water partition coefficient (Wildman–Crippen LogP) is 7.09. The Balaban J connectivity index is 1.54. The Bertz CT molecular complexity index is 1210. The molecular formula is C23H14BrCl3N2O3. The highest BCUT2D eigenvalue weighted by Gasteiger charge is 2.34. The summed E-state index contributed by atoms with van der Waals surface area (Å²) in [6.45, 7) is 0.306. The molecule has 0 spiro atoms. The number of imide groups is 1. The number of rotatable bonds is 5. The Labute approximate surface area is 207 Å². The molecule has 0 radical (unpaired) electrons. The zero-order chi connectivity index (χ0) is 22.8. The molecule has 1 N–H and O–H groups in total. The van der Waals surface area contributed by atoms with Gasteiger partial charge in [-0.1, -0.05) is 46.9 Å². The van der Waals surface area contributed by atoms with E-state index in [1.807, 2.05) is 12.1 Å². The second-order valence-corrected chi connectivity index (χ2v) is 8.97.